The maximum absolute atomic E-state index is 11.7. The molecule has 0 aliphatic heterocycles. The van der Waals surface area contributed by atoms with E-state index in [2.05, 4.69) is 0 Å². The molecule has 0 bridgehead atoms. The van der Waals surface area contributed by atoms with Crippen LogP contribution in [0.4, 0.5) is 0 Å². The van der Waals surface area contributed by atoms with E-state index in [1.165, 1.54) is 0 Å². The lowest BCUT2D eigenvalue weighted by atomic mass is 10.1. The Morgan fingerprint density at radius 1 is 1.04 bits per heavy atom. The molecular weight excluding hydrogens is 292 g/mol. The van der Waals surface area contributed by atoms with E-state index < -0.39 is 0 Å². The molecule has 0 aliphatic carbocycles. The number of benzene rings is 1. The predicted molar refractivity (Wildman–Crippen MR) is 90.0 cm³/mol. The molecule has 0 spiro atoms. The van der Waals surface area contributed by atoms with Crippen LogP contribution in [-0.4, -0.2) is 24.6 Å². The van der Waals surface area contributed by atoms with Crippen LogP contribution in [0.5, 0.6) is 0 Å². The Labute approximate surface area is 139 Å². The maximum atomic E-state index is 11.7. The van der Waals surface area contributed by atoms with Crippen LogP contribution < -0.4 is 0 Å². The van der Waals surface area contributed by atoms with E-state index in [4.69, 9.17) is 9.47 Å². The van der Waals surface area contributed by atoms with E-state index in [0.717, 1.165) is 12.0 Å². The van der Waals surface area contributed by atoms with Gasteiger partial charge in [0.1, 0.15) is 6.10 Å². The van der Waals surface area contributed by atoms with E-state index in [9.17, 15) is 9.59 Å². The summed E-state index contributed by atoms with van der Waals surface area (Å²) in [7, 11) is 0. The molecule has 0 saturated heterocycles. The molecule has 1 aromatic rings. The van der Waals surface area contributed by atoms with Crippen LogP contribution in [0.25, 0.3) is 0 Å². The first-order chi connectivity index (χ1) is 11.0. The van der Waals surface area contributed by atoms with Gasteiger partial charge in [-0.05, 0) is 24.3 Å². The summed E-state index contributed by atoms with van der Waals surface area (Å²) in [6.45, 7) is 6.44. The fraction of sp³-hybridized carbons (Fsp3) is 0.579. The Bertz CT molecular complexity index is 468. The van der Waals surface area contributed by atoms with Gasteiger partial charge in [0.05, 0.1) is 6.61 Å². The van der Waals surface area contributed by atoms with Crippen molar-refractivity contribution in [3.05, 3.63) is 35.9 Å². The number of hydrogen-bond donors (Lipinski definition) is 0. The Balaban J connectivity index is 2.12. The summed E-state index contributed by atoms with van der Waals surface area (Å²) in [4.78, 5) is 23.4. The SMILES string of the molecule is CCC(OC(=O)CCCC(=O)OCCc1ccccc1)C(C)C. The maximum Gasteiger partial charge on any atom is 0.306 e. The molecule has 0 radical (unpaired) electrons. The second kappa shape index (κ2) is 10.8. The summed E-state index contributed by atoms with van der Waals surface area (Å²) in [6, 6.07) is 9.88. The molecule has 1 atom stereocenters. The van der Waals surface area contributed by atoms with Crippen LogP contribution in [-0.2, 0) is 25.5 Å². The van der Waals surface area contributed by atoms with E-state index in [-0.39, 0.29) is 30.9 Å². The van der Waals surface area contributed by atoms with Gasteiger partial charge in [-0.1, -0.05) is 51.1 Å². The van der Waals surface area contributed by atoms with Gasteiger partial charge in [0.2, 0.25) is 0 Å². The van der Waals surface area contributed by atoms with Crippen molar-refractivity contribution in [3.8, 4) is 0 Å². The fourth-order valence-corrected chi connectivity index (χ4v) is 2.30. The highest BCUT2D eigenvalue weighted by atomic mass is 16.5. The van der Waals surface area contributed by atoms with E-state index in [0.29, 0.717) is 25.4 Å². The Morgan fingerprint density at radius 2 is 1.70 bits per heavy atom. The molecule has 0 fully saturated rings. The second-order valence-electron chi connectivity index (χ2n) is 5.99. The van der Waals surface area contributed by atoms with Gasteiger partial charge in [0, 0.05) is 19.3 Å². The lowest BCUT2D eigenvalue weighted by Gasteiger charge is -2.19. The Morgan fingerprint density at radius 3 is 2.30 bits per heavy atom. The Kier molecular flexibility index (Phi) is 9.03. The van der Waals surface area contributed by atoms with Crippen molar-refractivity contribution in [2.24, 2.45) is 5.92 Å². The number of carbonyl (C=O) groups is 2. The molecule has 0 heterocycles. The van der Waals surface area contributed by atoms with Crippen molar-refractivity contribution in [2.45, 2.75) is 59.0 Å². The van der Waals surface area contributed by atoms with Crippen LogP contribution in [0.1, 0.15) is 52.0 Å². The standard InChI is InChI=1S/C19H28O4/c1-4-17(15(2)3)23-19(21)12-8-11-18(20)22-14-13-16-9-6-5-7-10-16/h5-7,9-10,15,17H,4,8,11-14H2,1-3H3. The number of carbonyl (C=O) groups excluding carboxylic acids is 2. The third-order valence-electron chi connectivity index (χ3n) is 3.69. The van der Waals surface area contributed by atoms with Crippen molar-refractivity contribution in [1.29, 1.82) is 0 Å². The number of ether oxygens (including phenoxy) is 2. The summed E-state index contributed by atoms with van der Waals surface area (Å²) < 4.78 is 10.6. The van der Waals surface area contributed by atoms with Crippen LogP contribution in [0.2, 0.25) is 0 Å². The van der Waals surface area contributed by atoms with Crippen molar-refractivity contribution in [3.63, 3.8) is 0 Å². The average Bonchev–Trinajstić information content (AvgIpc) is 2.53. The third kappa shape index (κ3) is 8.38. The van der Waals surface area contributed by atoms with E-state index in [1.54, 1.807) is 0 Å². The number of rotatable bonds is 10. The zero-order chi connectivity index (χ0) is 17.1. The first-order valence-electron chi connectivity index (χ1n) is 8.42. The minimum absolute atomic E-state index is 0.0414. The lowest BCUT2D eigenvalue weighted by Crippen LogP contribution is -2.22. The van der Waals surface area contributed by atoms with Gasteiger partial charge in [0.25, 0.3) is 0 Å². The molecule has 0 aliphatic rings. The smallest absolute Gasteiger partial charge is 0.306 e. The molecule has 4 heteroatoms. The minimum Gasteiger partial charge on any atom is -0.465 e. The van der Waals surface area contributed by atoms with E-state index in [1.807, 2.05) is 51.1 Å². The molecule has 0 amide bonds. The molecule has 1 aromatic carbocycles. The first-order valence-corrected chi connectivity index (χ1v) is 8.42. The normalized spacial score (nSPS) is 12.0. The first kappa shape index (κ1) is 19.2. The zero-order valence-electron chi connectivity index (χ0n) is 14.4. The monoisotopic (exact) mass is 320 g/mol. The molecule has 0 aromatic heterocycles. The van der Waals surface area contributed by atoms with Crippen molar-refractivity contribution >= 4 is 11.9 Å². The molecule has 128 valence electrons. The largest absolute Gasteiger partial charge is 0.465 e. The van der Waals surface area contributed by atoms with Gasteiger partial charge in [-0.3, -0.25) is 9.59 Å². The summed E-state index contributed by atoms with van der Waals surface area (Å²) in [6.07, 6.45) is 2.46. The molecule has 4 nitrogen and oxygen atoms in total. The van der Waals surface area contributed by atoms with Gasteiger partial charge >= 0.3 is 11.9 Å². The molecular formula is C19H28O4. The van der Waals surface area contributed by atoms with E-state index >= 15 is 0 Å². The number of hydrogen-bond acceptors (Lipinski definition) is 4. The lowest BCUT2D eigenvalue weighted by molar-refractivity contribution is -0.151. The number of esters is 2. The van der Waals surface area contributed by atoms with Crippen molar-refractivity contribution in [2.75, 3.05) is 6.61 Å². The highest BCUT2D eigenvalue weighted by molar-refractivity contribution is 5.72. The van der Waals surface area contributed by atoms with Crippen LogP contribution in [0, 0.1) is 5.92 Å². The third-order valence-corrected chi connectivity index (χ3v) is 3.69. The molecule has 1 rings (SSSR count). The quantitative estimate of drug-likeness (QED) is 0.613. The second-order valence-corrected chi connectivity index (χ2v) is 5.99. The average molecular weight is 320 g/mol. The van der Waals surface area contributed by atoms with Crippen molar-refractivity contribution in [1.82, 2.24) is 0 Å². The Hall–Kier alpha value is -1.84. The predicted octanol–water partition coefficient (Wildman–Crippen LogP) is 3.92. The summed E-state index contributed by atoms with van der Waals surface area (Å²) in [5.74, 6) is -0.181. The van der Waals surface area contributed by atoms with Crippen LogP contribution >= 0.6 is 0 Å². The molecule has 0 saturated carbocycles. The van der Waals surface area contributed by atoms with Gasteiger partial charge in [-0.25, -0.2) is 0 Å². The van der Waals surface area contributed by atoms with Crippen molar-refractivity contribution < 1.29 is 19.1 Å². The van der Waals surface area contributed by atoms with Gasteiger partial charge < -0.3 is 9.47 Å². The highest BCUT2D eigenvalue weighted by Gasteiger charge is 2.16. The zero-order valence-corrected chi connectivity index (χ0v) is 14.4. The summed E-state index contributed by atoms with van der Waals surface area (Å²) in [5, 5.41) is 0. The molecule has 0 N–H and O–H groups in total. The van der Waals surface area contributed by atoms with Gasteiger partial charge in [0.15, 0.2) is 0 Å². The summed E-state index contributed by atoms with van der Waals surface area (Å²) >= 11 is 0. The van der Waals surface area contributed by atoms with Gasteiger partial charge in [-0.2, -0.15) is 0 Å². The van der Waals surface area contributed by atoms with Gasteiger partial charge in [-0.15, -0.1) is 0 Å². The molecule has 23 heavy (non-hydrogen) atoms. The van der Waals surface area contributed by atoms with Crippen LogP contribution in [0.15, 0.2) is 30.3 Å². The minimum atomic E-state index is -0.260. The van der Waals surface area contributed by atoms with Crippen LogP contribution in [0.3, 0.4) is 0 Å². The summed E-state index contributed by atoms with van der Waals surface area (Å²) in [5.41, 5.74) is 1.14. The molecule has 1 unspecified atom stereocenters. The highest BCUT2D eigenvalue weighted by Crippen LogP contribution is 2.12. The fourth-order valence-electron chi connectivity index (χ4n) is 2.30. The topological polar surface area (TPSA) is 52.6 Å².